The second-order valence-corrected chi connectivity index (χ2v) is 6.43. The molecule has 1 aliphatic heterocycles. The van der Waals surface area contributed by atoms with E-state index in [1.807, 2.05) is 36.9 Å². The van der Waals surface area contributed by atoms with Gasteiger partial charge in [0.15, 0.2) is 0 Å². The summed E-state index contributed by atoms with van der Waals surface area (Å²) in [5, 5.41) is 3.63. The summed E-state index contributed by atoms with van der Waals surface area (Å²) in [4.78, 5) is 12.0. The van der Waals surface area contributed by atoms with Crippen LogP contribution in [-0.2, 0) is 4.79 Å². The molecule has 0 saturated carbocycles. The molecule has 0 aromatic heterocycles. The van der Waals surface area contributed by atoms with Crippen LogP contribution in [0.3, 0.4) is 0 Å². The van der Waals surface area contributed by atoms with Gasteiger partial charge in [-0.1, -0.05) is 17.7 Å². The van der Waals surface area contributed by atoms with Crippen LogP contribution in [-0.4, -0.2) is 17.4 Å². The molecule has 0 aliphatic carbocycles. The molecule has 18 heavy (non-hydrogen) atoms. The Kier molecular flexibility index (Phi) is 4.95. The number of carbonyl (C=O) groups is 1. The smallest absolute Gasteiger partial charge is 0.224 e. The van der Waals surface area contributed by atoms with Crippen molar-refractivity contribution in [1.82, 2.24) is 0 Å². The monoisotopic (exact) mass is 283 g/mol. The lowest BCUT2D eigenvalue weighted by molar-refractivity contribution is -0.117. The molecule has 1 aromatic rings. The fourth-order valence-corrected chi connectivity index (χ4v) is 3.52. The van der Waals surface area contributed by atoms with Crippen molar-refractivity contribution in [2.75, 3.05) is 16.8 Å². The lowest BCUT2D eigenvalue weighted by Gasteiger charge is -2.20. The molecule has 1 heterocycles. The molecule has 1 saturated heterocycles. The number of amides is 1. The largest absolute Gasteiger partial charge is 0.326 e. The van der Waals surface area contributed by atoms with Crippen LogP contribution in [0.25, 0.3) is 0 Å². The summed E-state index contributed by atoms with van der Waals surface area (Å²) in [5.41, 5.74) is 1.88. The normalized spacial score (nSPS) is 16.6. The highest BCUT2D eigenvalue weighted by atomic mass is 35.5. The summed E-state index contributed by atoms with van der Waals surface area (Å²) in [7, 11) is 0. The van der Waals surface area contributed by atoms with Crippen molar-refractivity contribution in [3.8, 4) is 0 Å². The Balaban J connectivity index is 1.92. The van der Waals surface area contributed by atoms with Gasteiger partial charge in [-0.15, -0.1) is 0 Å². The van der Waals surface area contributed by atoms with Gasteiger partial charge in [-0.25, -0.2) is 0 Å². The first-order valence-electron chi connectivity index (χ1n) is 6.29. The number of nitrogens with one attached hydrogen (secondary N) is 1. The fraction of sp³-hybridized carbons (Fsp3) is 0.500. The van der Waals surface area contributed by atoms with Gasteiger partial charge in [-0.3, -0.25) is 4.79 Å². The van der Waals surface area contributed by atoms with E-state index in [-0.39, 0.29) is 5.91 Å². The highest BCUT2D eigenvalue weighted by Gasteiger charge is 2.17. The lowest BCUT2D eigenvalue weighted by atomic mass is 9.98. The zero-order chi connectivity index (χ0) is 13.0. The van der Waals surface area contributed by atoms with Crippen molar-refractivity contribution < 1.29 is 4.79 Å². The molecule has 1 aliphatic rings. The van der Waals surface area contributed by atoms with E-state index >= 15 is 0 Å². The molecule has 0 atom stereocenters. The number of rotatable bonds is 3. The number of hydrogen-bond acceptors (Lipinski definition) is 2. The standard InChI is InChI=1S/C14H18ClNOS/c1-10-2-3-12(15)9-13(10)16-14(17)8-11-4-6-18-7-5-11/h2-3,9,11H,4-8H2,1H3,(H,16,17). The molecule has 4 heteroatoms. The maximum Gasteiger partial charge on any atom is 0.224 e. The third-order valence-electron chi connectivity index (χ3n) is 3.29. The van der Waals surface area contributed by atoms with Gasteiger partial charge in [-0.05, 0) is 54.9 Å². The van der Waals surface area contributed by atoms with Crippen LogP contribution in [0.4, 0.5) is 5.69 Å². The summed E-state index contributed by atoms with van der Waals surface area (Å²) < 4.78 is 0. The second-order valence-electron chi connectivity index (χ2n) is 4.77. The van der Waals surface area contributed by atoms with E-state index in [0.29, 0.717) is 17.4 Å². The van der Waals surface area contributed by atoms with Crippen LogP contribution in [0.5, 0.6) is 0 Å². The summed E-state index contributed by atoms with van der Waals surface area (Å²) in [6.07, 6.45) is 2.95. The average Bonchev–Trinajstić information content (AvgIpc) is 2.35. The lowest BCUT2D eigenvalue weighted by Crippen LogP contribution is -2.20. The van der Waals surface area contributed by atoms with Crippen molar-refractivity contribution in [3.05, 3.63) is 28.8 Å². The number of carbonyl (C=O) groups excluding carboxylic acids is 1. The number of aryl methyl sites for hydroxylation is 1. The summed E-state index contributed by atoms with van der Waals surface area (Å²) in [6, 6.07) is 5.58. The summed E-state index contributed by atoms with van der Waals surface area (Å²) in [6.45, 7) is 1.98. The van der Waals surface area contributed by atoms with E-state index in [4.69, 9.17) is 11.6 Å². The van der Waals surface area contributed by atoms with E-state index in [0.717, 1.165) is 24.1 Å². The molecule has 0 bridgehead atoms. The van der Waals surface area contributed by atoms with Crippen molar-refractivity contribution >= 4 is 35.0 Å². The molecule has 0 radical (unpaired) electrons. The molecule has 1 aromatic carbocycles. The average molecular weight is 284 g/mol. The van der Waals surface area contributed by atoms with Crippen LogP contribution < -0.4 is 5.32 Å². The molecule has 0 spiro atoms. The van der Waals surface area contributed by atoms with E-state index in [2.05, 4.69) is 5.32 Å². The van der Waals surface area contributed by atoms with E-state index < -0.39 is 0 Å². The van der Waals surface area contributed by atoms with Crippen LogP contribution in [0.1, 0.15) is 24.8 Å². The molecule has 0 unspecified atom stereocenters. The van der Waals surface area contributed by atoms with Gasteiger partial charge < -0.3 is 5.32 Å². The Morgan fingerprint density at radius 1 is 1.44 bits per heavy atom. The Bertz CT molecular complexity index is 430. The van der Waals surface area contributed by atoms with Gasteiger partial charge in [0.2, 0.25) is 5.91 Å². The number of benzene rings is 1. The molecular weight excluding hydrogens is 266 g/mol. The topological polar surface area (TPSA) is 29.1 Å². The third-order valence-corrected chi connectivity index (χ3v) is 4.57. The molecule has 1 amide bonds. The minimum atomic E-state index is 0.109. The highest BCUT2D eigenvalue weighted by Crippen LogP contribution is 2.26. The highest BCUT2D eigenvalue weighted by molar-refractivity contribution is 7.99. The van der Waals surface area contributed by atoms with Crippen LogP contribution in [0, 0.1) is 12.8 Å². The van der Waals surface area contributed by atoms with Crippen molar-refractivity contribution in [1.29, 1.82) is 0 Å². The predicted octanol–water partition coefficient (Wildman–Crippen LogP) is 4.12. The molecule has 98 valence electrons. The maximum absolute atomic E-state index is 12.0. The Morgan fingerprint density at radius 3 is 2.89 bits per heavy atom. The number of thioether (sulfide) groups is 1. The summed E-state index contributed by atoms with van der Waals surface area (Å²) >= 11 is 7.92. The minimum Gasteiger partial charge on any atom is -0.326 e. The molecule has 1 fully saturated rings. The predicted molar refractivity (Wildman–Crippen MR) is 79.5 cm³/mol. The Labute approximate surface area is 117 Å². The van der Waals surface area contributed by atoms with Gasteiger partial charge in [0, 0.05) is 17.1 Å². The van der Waals surface area contributed by atoms with Gasteiger partial charge >= 0.3 is 0 Å². The second kappa shape index (κ2) is 6.48. The van der Waals surface area contributed by atoms with E-state index in [1.165, 1.54) is 11.5 Å². The van der Waals surface area contributed by atoms with Crippen LogP contribution >= 0.6 is 23.4 Å². The first-order chi connectivity index (χ1) is 8.65. The van der Waals surface area contributed by atoms with Gasteiger partial charge in [-0.2, -0.15) is 11.8 Å². The Hall–Kier alpha value is -0.670. The van der Waals surface area contributed by atoms with Gasteiger partial charge in [0.1, 0.15) is 0 Å². The van der Waals surface area contributed by atoms with Crippen molar-refractivity contribution in [3.63, 3.8) is 0 Å². The first-order valence-corrected chi connectivity index (χ1v) is 7.82. The van der Waals surface area contributed by atoms with Crippen LogP contribution in [0.2, 0.25) is 5.02 Å². The molecule has 1 N–H and O–H groups in total. The first kappa shape index (κ1) is 13.8. The van der Waals surface area contributed by atoms with Gasteiger partial charge in [0.25, 0.3) is 0 Å². The zero-order valence-electron chi connectivity index (χ0n) is 10.5. The maximum atomic E-state index is 12.0. The quantitative estimate of drug-likeness (QED) is 0.904. The van der Waals surface area contributed by atoms with Crippen LogP contribution in [0.15, 0.2) is 18.2 Å². The number of anilines is 1. The molecule has 2 rings (SSSR count). The molecular formula is C14H18ClNOS. The number of halogens is 1. The van der Waals surface area contributed by atoms with Gasteiger partial charge in [0.05, 0.1) is 0 Å². The zero-order valence-corrected chi connectivity index (χ0v) is 12.1. The van der Waals surface area contributed by atoms with Crippen molar-refractivity contribution in [2.24, 2.45) is 5.92 Å². The third kappa shape index (κ3) is 3.92. The minimum absolute atomic E-state index is 0.109. The molecule has 2 nitrogen and oxygen atoms in total. The fourth-order valence-electron chi connectivity index (χ4n) is 2.14. The Morgan fingerprint density at radius 2 is 2.17 bits per heavy atom. The van der Waals surface area contributed by atoms with Crippen molar-refractivity contribution in [2.45, 2.75) is 26.2 Å². The summed E-state index contributed by atoms with van der Waals surface area (Å²) in [5.74, 6) is 3.03. The SMILES string of the molecule is Cc1ccc(Cl)cc1NC(=O)CC1CCSCC1. The number of hydrogen-bond donors (Lipinski definition) is 1. The van der Waals surface area contributed by atoms with E-state index in [1.54, 1.807) is 0 Å². The van der Waals surface area contributed by atoms with E-state index in [9.17, 15) is 4.79 Å².